The van der Waals surface area contributed by atoms with Gasteiger partial charge in [0.15, 0.2) is 0 Å². The highest BCUT2D eigenvalue weighted by atomic mass is 16.5. The van der Waals surface area contributed by atoms with E-state index in [0.717, 1.165) is 12.4 Å². The minimum absolute atomic E-state index is 0.0224. The molecule has 1 aromatic rings. The average Bonchev–Trinajstić information content (AvgIpc) is 2.30. The van der Waals surface area contributed by atoms with Gasteiger partial charge in [-0.15, -0.1) is 0 Å². The summed E-state index contributed by atoms with van der Waals surface area (Å²) in [6.07, 6.45) is 1.27. The van der Waals surface area contributed by atoms with Gasteiger partial charge in [-0.3, -0.25) is 0 Å². The van der Waals surface area contributed by atoms with Crippen LogP contribution in [-0.2, 0) is 4.74 Å². The van der Waals surface area contributed by atoms with E-state index in [0.29, 0.717) is 13.2 Å². The van der Waals surface area contributed by atoms with E-state index in [-0.39, 0.29) is 18.5 Å². The highest BCUT2D eigenvalue weighted by molar-refractivity contribution is 5.41. The Bertz CT molecular complexity index is 315. The van der Waals surface area contributed by atoms with Gasteiger partial charge in [-0.05, 0) is 12.1 Å². The molecule has 0 amide bonds. The van der Waals surface area contributed by atoms with Gasteiger partial charge in [0.05, 0.1) is 25.5 Å². The fraction of sp³-hybridized carbons (Fsp3) is 0.500. The van der Waals surface area contributed by atoms with Crippen LogP contribution in [0.3, 0.4) is 0 Å². The number of aromatic hydroxyl groups is 1. The van der Waals surface area contributed by atoms with Gasteiger partial charge in [-0.2, -0.15) is 0 Å². The number of aromatic nitrogens is 1. The van der Waals surface area contributed by atoms with E-state index >= 15 is 0 Å². The van der Waals surface area contributed by atoms with E-state index in [4.69, 9.17) is 14.9 Å². The third-order valence-corrected chi connectivity index (χ3v) is 2.40. The van der Waals surface area contributed by atoms with Gasteiger partial charge in [0.25, 0.3) is 0 Å². The minimum Gasteiger partial charge on any atom is -0.506 e. The van der Waals surface area contributed by atoms with Crippen LogP contribution < -0.4 is 4.90 Å². The molecule has 1 aromatic heterocycles. The topological polar surface area (TPSA) is 65.8 Å². The largest absolute Gasteiger partial charge is 0.506 e. The first-order chi connectivity index (χ1) is 7.29. The van der Waals surface area contributed by atoms with Gasteiger partial charge in [0.2, 0.25) is 0 Å². The molecule has 0 saturated carbocycles. The van der Waals surface area contributed by atoms with E-state index in [1.165, 1.54) is 6.20 Å². The van der Waals surface area contributed by atoms with Crippen molar-refractivity contribution < 1.29 is 14.9 Å². The van der Waals surface area contributed by atoms with Crippen molar-refractivity contribution in [2.45, 2.75) is 6.10 Å². The first kappa shape index (κ1) is 10.2. The summed E-state index contributed by atoms with van der Waals surface area (Å²) in [4.78, 5) is 6.14. The molecule has 2 rings (SSSR count). The molecule has 1 atom stereocenters. The molecule has 5 heteroatoms. The molecule has 1 unspecified atom stereocenters. The number of anilines is 1. The number of nitrogens with zero attached hydrogens (tertiary/aromatic N) is 2. The summed E-state index contributed by atoms with van der Waals surface area (Å²) in [5, 5.41) is 18.1. The molecule has 1 saturated heterocycles. The number of ether oxygens (including phenoxy) is 1. The van der Waals surface area contributed by atoms with Crippen LogP contribution in [0.4, 0.5) is 5.82 Å². The van der Waals surface area contributed by atoms with Crippen molar-refractivity contribution in [3.05, 3.63) is 18.3 Å². The Morgan fingerprint density at radius 2 is 2.40 bits per heavy atom. The van der Waals surface area contributed by atoms with Gasteiger partial charge in [0, 0.05) is 13.1 Å². The average molecular weight is 210 g/mol. The lowest BCUT2D eigenvalue weighted by molar-refractivity contribution is 0.00336. The SMILES string of the molecule is OCC1CN(c2ccc(O)cn2)CCO1. The van der Waals surface area contributed by atoms with Crippen molar-refractivity contribution in [2.24, 2.45) is 0 Å². The summed E-state index contributed by atoms with van der Waals surface area (Å²) in [5.41, 5.74) is 0. The zero-order valence-electron chi connectivity index (χ0n) is 8.33. The standard InChI is InChI=1S/C10H14N2O3/c13-7-9-6-12(3-4-15-9)10-2-1-8(14)5-11-10/h1-2,5,9,13-14H,3-4,6-7H2. The first-order valence-electron chi connectivity index (χ1n) is 4.92. The van der Waals surface area contributed by atoms with Gasteiger partial charge in [-0.25, -0.2) is 4.98 Å². The molecule has 5 nitrogen and oxygen atoms in total. The fourth-order valence-corrected chi connectivity index (χ4v) is 1.60. The molecule has 0 aliphatic carbocycles. The van der Waals surface area contributed by atoms with Crippen LogP contribution in [0.2, 0.25) is 0 Å². The monoisotopic (exact) mass is 210 g/mol. The van der Waals surface area contributed by atoms with Crippen molar-refractivity contribution in [3.63, 3.8) is 0 Å². The molecule has 2 heterocycles. The van der Waals surface area contributed by atoms with Crippen LogP contribution in [0.15, 0.2) is 18.3 Å². The maximum absolute atomic E-state index is 9.11. The van der Waals surface area contributed by atoms with Crippen molar-refractivity contribution >= 4 is 5.82 Å². The van der Waals surface area contributed by atoms with Crippen molar-refractivity contribution in [3.8, 4) is 5.75 Å². The van der Waals surface area contributed by atoms with Gasteiger partial charge in [0.1, 0.15) is 11.6 Å². The van der Waals surface area contributed by atoms with Crippen molar-refractivity contribution in [2.75, 3.05) is 31.2 Å². The van der Waals surface area contributed by atoms with Crippen LogP contribution >= 0.6 is 0 Å². The Morgan fingerprint density at radius 3 is 3.07 bits per heavy atom. The zero-order chi connectivity index (χ0) is 10.7. The molecule has 0 aromatic carbocycles. The van der Waals surface area contributed by atoms with E-state index in [1.807, 2.05) is 4.90 Å². The minimum atomic E-state index is -0.144. The Labute approximate surface area is 87.9 Å². The molecular weight excluding hydrogens is 196 g/mol. The molecule has 1 fully saturated rings. The number of rotatable bonds is 2. The Hall–Kier alpha value is -1.33. The summed E-state index contributed by atoms with van der Waals surface area (Å²) >= 11 is 0. The maximum atomic E-state index is 9.11. The van der Waals surface area contributed by atoms with E-state index < -0.39 is 0 Å². The summed E-state index contributed by atoms with van der Waals surface area (Å²) < 4.78 is 5.33. The number of hydrogen-bond acceptors (Lipinski definition) is 5. The molecule has 15 heavy (non-hydrogen) atoms. The quantitative estimate of drug-likeness (QED) is 0.718. The van der Waals surface area contributed by atoms with Crippen molar-refractivity contribution in [1.29, 1.82) is 0 Å². The number of aliphatic hydroxyl groups is 1. The number of morpholine rings is 1. The van der Waals surface area contributed by atoms with Crippen LogP contribution in [0.1, 0.15) is 0 Å². The molecule has 0 spiro atoms. The molecule has 82 valence electrons. The van der Waals surface area contributed by atoms with Gasteiger partial charge in [-0.1, -0.05) is 0 Å². The lowest BCUT2D eigenvalue weighted by Crippen LogP contribution is -2.44. The predicted molar refractivity (Wildman–Crippen MR) is 54.9 cm³/mol. The van der Waals surface area contributed by atoms with Gasteiger partial charge >= 0.3 is 0 Å². The molecular formula is C10H14N2O3. The van der Waals surface area contributed by atoms with Crippen LogP contribution in [0, 0.1) is 0 Å². The van der Waals surface area contributed by atoms with Crippen LogP contribution in [-0.4, -0.2) is 47.6 Å². The zero-order valence-corrected chi connectivity index (χ0v) is 8.33. The highest BCUT2D eigenvalue weighted by Gasteiger charge is 2.20. The number of aliphatic hydroxyl groups excluding tert-OH is 1. The Morgan fingerprint density at radius 1 is 1.53 bits per heavy atom. The number of pyridine rings is 1. The van der Waals surface area contributed by atoms with Gasteiger partial charge < -0.3 is 19.8 Å². The predicted octanol–water partition coefficient (Wildman–Crippen LogP) is -0.0153. The van der Waals surface area contributed by atoms with E-state index in [1.54, 1.807) is 12.1 Å². The van der Waals surface area contributed by atoms with Crippen LogP contribution in [0.25, 0.3) is 0 Å². The second-order valence-corrected chi connectivity index (χ2v) is 3.50. The summed E-state index contributed by atoms with van der Waals surface area (Å²) in [5.74, 6) is 0.959. The Balaban J connectivity index is 2.06. The normalized spacial score (nSPS) is 21.7. The molecule has 1 aliphatic rings. The second kappa shape index (κ2) is 4.46. The second-order valence-electron chi connectivity index (χ2n) is 3.50. The first-order valence-corrected chi connectivity index (χ1v) is 4.92. The highest BCUT2D eigenvalue weighted by Crippen LogP contribution is 2.17. The van der Waals surface area contributed by atoms with Crippen molar-refractivity contribution in [1.82, 2.24) is 4.98 Å². The third-order valence-electron chi connectivity index (χ3n) is 2.40. The smallest absolute Gasteiger partial charge is 0.134 e. The lowest BCUT2D eigenvalue weighted by Gasteiger charge is -2.32. The number of hydrogen-bond donors (Lipinski definition) is 2. The molecule has 2 N–H and O–H groups in total. The lowest BCUT2D eigenvalue weighted by atomic mass is 10.3. The summed E-state index contributed by atoms with van der Waals surface area (Å²) in [7, 11) is 0. The summed E-state index contributed by atoms with van der Waals surface area (Å²) in [6, 6.07) is 3.36. The maximum Gasteiger partial charge on any atom is 0.134 e. The molecule has 1 aliphatic heterocycles. The third kappa shape index (κ3) is 2.37. The fourth-order valence-electron chi connectivity index (χ4n) is 1.60. The molecule has 0 bridgehead atoms. The van der Waals surface area contributed by atoms with E-state index in [9.17, 15) is 0 Å². The van der Waals surface area contributed by atoms with Crippen LogP contribution in [0.5, 0.6) is 5.75 Å². The summed E-state index contributed by atoms with van der Waals surface area (Å²) in [6.45, 7) is 2.00. The Kier molecular flexibility index (Phi) is 3.03. The van der Waals surface area contributed by atoms with E-state index in [2.05, 4.69) is 4.98 Å². The molecule has 0 radical (unpaired) electrons.